The summed E-state index contributed by atoms with van der Waals surface area (Å²) >= 11 is 0. The lowest BCUT2D eigenvalue weighted by Gasteiger charge is -2.42. The fourth-order valence-corrected chi connectivity index (χ4v) is 10.7. The zero-order valence-corrected chi connectivity index (χ0v) is 42.2. The number of carbonyl (C=O) groups is 4. The molecular formula is C53H85NO13. The molecule has 1 unspecified atom stereocenters. The summed E-state index contributed by atoms with van der Waals surface area (Å²) in [6.45, 7) is 13.7. The summed E-state index contributed by atoms with van der Waals surface area (Å²) in [6.07, 6.45) is 15.1. The number of Topliss-reactive ketones (excluding diaryl/α,β-unsaturated/α-hetero) is 2. The summed E-state index contributed by atoms with van der Waals surface area (Å²) in [7, 11) is 4.84. The van der Waals surface area contributed by atoms with Gasteiger partial charge < -0.3 is 48.6 Å². The number of aliphatic hydroxyl groups is 3. The molecule has 0 aromatic rings. The van der Waals surface area contributed by atoms with Crippen molar-refractivity contribution in [3.05, 3.63) is 47.6 Å². The molecule has 67 heavy (non-hydrogen) atoms. The van der Waals surface area contributed by atoms with Gasteiger partial charge in [-0.15, -0.1) is 0 Å². The molecule has 2 saturated heterocycles. The zero-order valence-electron chi connectivity index (χ0n) is 42.2. The van der Waals surface area contributed by atoms with Crippen molar-refractivity contribution in [2.24, 2.45) is 35.5 Å². The van der Waals surface area contributed by atoms with E-state index in [-0.39, 0.29) is 80.4 Å². The second-order valence-electron chi connectivity index (χ2n) is 20.3. The Hall–Kier alpha value is -3.08. The van der Waals surface area contributed by atoms with Crippen LogP contribution < -0.4 is 0 Å². The number of fused-ring (bicyclic) bond motifs is 3. The summed E-state index contributed by atoms with van der Waals surface area (Å²) in [5, 5.41) is 32.8. The maximum Gasteiger partial charge on any atom is 0.329 e. The molecule has 15 atom stereocenters. The maximum atomic E-state index is 14.5. The molecule has 14 nitrogen and oxygen atoms in total. The van der Waals surface area contributed by atoms with Gasteiger partial charge in [-0.1, -0.05) is 71.1 Å². The average Bonchev–Trinajstić information content (AvgIpc) is 3.31. The molecule has 0 aromatic heterocycles. The minimum atomic E-state index is -2.41. The number of hydrogen-bond acceptors (Lipinski definition) is 13. The largest absolute Gasteiger partial charge is 0.460 e. The fourth-order valence-electron chi connectivity index (χ4n) is 10.7. The topological polar surface area (TPSA) is 188 Å². The number of methoxy groups -OCH3 is 3. The molecule has 380 valence electrons. The van der Waals surface area contributed by atoms with Gasteiger partial charge in [0.1, 0.15) is 24.0 Å². The van der Waals surface area contributed by atoms with E-state index in [4.69, 9.17) is 28.4 Å². The van der Waals surface area contributed by atoms with Gasteiger partial charge in [0.15, 0.2) is 0 Å². The van der Waals surface area contributed by atoms with Gasteiger partial charge in [-0.2, -0.15) is 0 Å². The Labute approximate surface area is 400 Å². The summed E-state index contributed by atoms with van der Waals surface area (Å²) < 4.78 is 35.9. The number of aliphatic hydroxyl groups excluding tert-OH is 2. The highest BCUT2D eigenvalue weighted by Crippen LogP contribution is 2.38. The quantitative estimate of drug-likeness (QED) is 0.122. The summed E-state index contributed by atoms with van der Waals surface area (Å²) in [6, 6.07) is -1.11. The molecule has 1 amide bonds. The first-order valence-corrected chi connectivity index (χ1v) is 25.0. The highest BCUT2D eigenvalue weighted by Gasteiger charge is 2.53. The van der Waals surface area contributed by atoms with E-state index in [9.17, 15) is 34.5 Å². The number of carbonyl (C=O) groups excluding carboxylic acids is 4. The minimum Gasteiger partial charge on any atom is -0.460 e. The number of piperidine rings is 1. The van der Waals surface area contributed by atoms with Crippen LogP contribution in [0.4, 0.5) is 0 Å². The second-order valence-corrected chi connectivity index (χ2v) is 20.3. The highest BCUT2D eigenvalue weighted by atomic mass is 16.6. The third-order valence-electron chi connectivity index (χ3n) is 14.9. The van der Waals surface area contributed by atoms with Crippen molar-refractivity contribution in [2.75, 3.05) is 41.1 Å². The van der Waals surface area contributed by atoms with Gasteiger partial charge in [0.25, 0.3) is 11.7 Å². The standard InChI is InChI=1S/C53H85NO13/c1-33-16-12-11-13-17-35(3)45(62-8)31-41-21-19-39(7)53(61,67-41)50(58)51(59)54-23-15-14-18-42(54)52(60)66-46(37(5)29-40-20-22-44(65-25-24-55)47(30-40)63-9)32-43(56)36(4)28-38(6)49(57)48(64-10)27-34(2)26-33/h11-13,16-17,28,33-34,36-37,39-42,44-49,55,57,61H,14-15,18-27,29-32H2,1-10H3/t33-,34-,36-,37-,39-,40+,41?,42+,44-,45+,46+,47-,48+,49-,53-/m1/s1. The van der Waals surface area contributed by atoms with Gasteiger partial charge in [-0.3, -0.25) is 14.4 Å². The molecule has 4 aliphatic rings. The van der Waals surface area contributed by atoms with E-state index in [0.29, 0.717) is 56.9 Å². The van der Waals surface area contributed by atoms with Crippen LogP contribution in [0, 0.1) is 35.5 Å². The molecule has 0 spiro atoms. The molecular weight excluding hydrogens is 859 g/mol. The van der Waals surface area contributed by atoms with E-state index in [2.05, 4.69) is 19.9 Å². The van der Waals surface area contributed by atoms with Crippen LogP contribution in [-0.4, -0.2) is 139 Å². The van der Waals surface area contributed by atoms with Gasteiger partial charge in [0.2, 0.25) is 5.79 Å². The van der Waals surface area contributed by atoms with Crippen LogP contribution in [0.15, 0.2) is 47.6 Å². The number of cyclic esters (lactones) is 1. The third-order valence-corrected chi connectivity index (χ3v) is 14.9. The SMILES string of the molecule is CO[C@H]1CC2CC[C@@H](C)[C@@](O)(O2)C(=O)C(=O)N2CCCC[C@H]2C(=O)O[C@H]([C@H](C)C[C@@H]2CC[C@@H](OCCO)[C@H](OC)C2)CC(=O)[C@H](C)C=C(C)[C@@H](O)[C@@H](OC)C[C@H](C)C[C@H](C)C=CC=CC=C1C. The highest BCUT2D eigenvalue weighted by molar-refractivity contribution is 6.39. The van der Waals surface area contributed by atoms with E-state index in [0.717, 1.165) is 24.8 Å². The number of hydrogen-bond donors (Lipinski definition) is 3. The van der Waals surface area contributed by atoms with Crippen molar-refractivity contribution in [1.82, 2.24) is 4.90 Å². The predicted octanol–water partition coefficient (Wildman–Crippen LogP) is 7.02. The Morgan fingerprint density at radius 2 is 1.57 bits per heavy atom. The van der Waals surface area contributed by atoms with Crippen molar-refractivity contribution >= 4 is 23.4 Å². The molecule has 14 heteroatoms. The Bertz CT molecular complexity index is 1730. The molecule has 3 fully saturated rings. The summed E-state index contributed by atoms with van der Waals surface area (Å²) in [5.74, 6) is -6.38. The van der Waals surface area contributed by atoms with Crippen LogP contribution in [0.2, 0.25) is 0 Å². The Morgan fingerprint density at radius 3 is 2.25 bits per heavy atom. The van der Waals surface area contributed by atoms with Crippen LogP contribution in [0.25, 0.3) is 0 Å². The lowest BCUT2D eigenvalue weighted by Crippen LogP contribution is -2.61. The van der Waals surface area contributed by atoms with Crippen LogP contribution in [0.3, 0.4) is 0 Å². The van der Waals surface area contributed by atoms with Gasteiger partial charge in [0, 0.05) is 52.6 Å². The second kappa shape index (κ2) is 27.3. The van der Waals surface area contributed by atoms with Crippen LogP contribution >= 0.6 is 0 Å². The average molecular weight is 944 g/mol. The molecule has 0 aromatic carbocycles. The lowest BCUT2D eigenvalue weighted by atomic mass is 9.78. The Morgan fingerprint density at radius 1 is 0.836 bits per heavy atom. The number of ketones is 2. The third kappa shape index (κ3) is 16.0. The first-order valence-electron chi connectivity index (χ1n) is 25.0. The number of rotatable bonds is 9. The van der Waals surface area contributed by atoms with Crippen molar-refractivity contribution in [1.29, 1.82) is 0 Å². The Balaban J connectivity index is 1.68. The number of nitrogens with zero attached hydrogens (tertiary/aromatic N) is 1. The number of allylic oxidation sites excluding steroid dienone is 6. The van der Waals surface area contributed by atoms with E-state index < -0.39 is 65.7 Å². The van der Waals surface area contributed by atoms with E-state index in [1.54, 1.807) is 48.2 Å². The monoisotopic (exact) mass is 944 g/mol. The van der Waals surface area contributed by atoms with Gasteiger partial charge in [-0.05, 0) is 119 Å². The predicted molar refractivity (Wildman–Crippen MR) is 256 cm³/mol. The van der Waals surface area contributed by atoms with Crippen LogP contribution in [0.1, 0.15) is 132 Å². The van der Waals surface area contributed by atoms with E-state index in [1.807, 2.05) is 38.2 Å². The molecule has 0 radical (unpaired) electrons. The van der Waals surface area contributed by atoms with Crippen molar-refractivity contribution in [3.63, 3.8) is 0 Å². The van der Waals surface area contributed by atoms with Crippen molar-refractivity contribution in [2.45, 2.75) is 186 Å². The zero-order chi connectivity index (χ0) is 49.4. The Kier molecular flexibility index (Phi) is 23.1. The number of esters is 1. The van der Waals surface area contributed by atoms with Crippen LogP contribution in [-0.2, 0) is 47.6 Å². The smallest absolute Gasteiger partial charge is 0.329 e. The molecule has 3 heterocycles. The normalized spacial score (nSPS) is 37.0. The molecule has 1 aliphatic carbocycles. The fraction of sp³-hybridized carbons (Fsp3) is 0.774. The van der Waals surface area contributed by atoms with Crippen LogP contribution in [0.5, 0.6) is 0 Å². The number of amides is 1. The van der Waals surface area contributed by atoms with Gasteiger partial charge >= 0.3 is 5.97 Å². The molecule has 2 bridgehead atoms. The first-order chi connectivity index (χ1) is 31.9. The van der Waals surface area contributed by atoms with Crippen molar-refractivity contribution < 1.29 is 62.9 Å². The van der Waals surface area contributed by atoms with Crippen molar-refractivity contribution in [3.8, 4) is 0 Å². The summed E-state index contributed by atoms with van der Waals surface area (Å²) in [4.78, 5) is 58.4. The molecule has 3 N–H and O–H groups in total. The maximum absolute atomic E-state index is 14.5. The molecule has 3 aliphatic heterocycles. The van der Waals surface area contributed by atoms with E-state index in [1.165, 1.54) is 4.90 Å². The van der Waals surface area contributed by atoms with Gasteiger partial charge in [-0.25, -0.2) is 4.79 Å². The van der Waals surface area contributed by atoms with Gasteiger partial charge in [0.05, 0.1) is 43.7 Å². The summed E-state index contributed by atoms with van der Waals surface area (Å²) in [5.41, 5.74) is 1.53. The molecule has 4 rings (SSSR count). The molecule has 1 saturated carbocycles. The number of ether oxygens (including phenoxy) is 6. The van der Waals surface area contributed by atoms with E-state index >= 15 is 0 Å². The first kappa shape index (κ1) is 56.5. The lowest BCUT2D eigenvalue weighted by molar-refractivity contribution is -0.265. The minimum absolute atomic E-state index is 0.0816.